The molecule has 0 fully saturated rings. The fourth-order valence-corrected chi connectivity index (χ4v) is 3.95. The summed E-state index contributed by atoms with van der Waals surface area (Å²) in [6.45, 7) is 4.02. The highest BCUT2D eigenvalue weighted by molar-refractivity contribution is 9.10. The van der Waals surface area contributed by atoms with Crippen LogP contribution in [0, 0.1) is 13.8 Å². The van der Waals surface area contributed by atoms with E-state index in [1.165, 1.54) is 5.56 Å². The molecule has 1 N–H and O–H groups in total. The van der Waals surface area contributed by atoms with Crippen molar-refractivity contribution < 1.29 is 9.90 Å². The van der Waals surface area contributed by atoms with E-state index in [4.69, 9.17) is 5.10 Å². The van der Waals surface area contributed by atoms with E-state index in [2.05, 4.69) is 28.1 Å². The van der Waals surface area contributed by atoms with Gasteiger partial charge in [0.2, 0.25) is 0 Å². The first-order valence-electron chi connectivity index (χ1n) is 10.1. The molecule has 0 aliphatic rings. The minimum atomic E-state index is -0.847. The van der Waals surface area contributed by atoms with Gasteiger partial charge < -0.3 is 5.11 Å². The fraction of sp³-hybridized carbons (Fsp3) is 0.154. The van der Waals surface area contributed by atoms with E-state index in [0.29, 0.717) is 6.42 Å². The second-order valence-electron chi connectivity index (χ2n) is 7.78. The molecule has 0 aliphatic carbocycles. The van der Waals surface area contributed by atoms with Gasteiger partial charge in [0, 0.05) is 16.5 Å². The van der Waals surface area contributed by atoms with Crippen molar-refractivity contribution >= 4 is 21.9 Å². The van der Waals surface area contributed by atoms with Gasteiger partial charge in [0.15, 0.2) is 0 Å². The van der Waals surface area contributed by atoms with Crippen molar-refractivity contribution in [2.45, 2.75) is 26.2 Å². The van der Waals surface area contributed by atoms with Crippen LogP contribution in [0.4, 0.5) is 0 Å². The van der Waals surface area contributed by atoms with Gasteiger partial charge >= 0.3 is 5.97 Å². The van der Waals surface area contributed by atoms with Crippen molar-refractivity contribution in [3.05, 3.63) is 106 Å². The van der Waals surface area contributed by atoms with E-state index in [-0.39, 0.29) is 0 Å². The number of carboxylic acids is 1. The van der Waals surface area contributed by atoms with Crippen LogP contribution in [0.15, 0.2) is 83.3 Å². The number of benzene rings is 3. The predicted molar refractivity (Wildman–Crippen MR) is 127 cm³/mol. The molecule has 5 heteroatoms. The highest BCUT2D eigenvalue weighted by Crippen LogP contribution is 2.29. The van der Waals surface area contributed by atoms with E-state index in [9.17, 15) is 9.90 Å². The molecule has 0 spiro atoms. The van der Waals surface area contributed by atoms with Crippen LogP contribution in [0.1, 0.15) is 28.3 Å². The average Bonchev–Trinajstić information content (AvgIpc) is 3.17. The van der Waals surface area contributed by atoms with Gasteiger partial charge in [0.25, 0.3) is 0 Å². The zero-order valence-corrected chi connectivity index (χ0v) is 19.0. The second kappa shape index (κ2) is 8.90. The Morgan fingerprint density at radius 3 is 2.32 bits per heavy atom. The lowest BCUT2D eigenvalue weighted by Gasteiger charge is -2.12. The molecule has 0 amide bonds. The molecule has 3 aromatic carbocycles. The summed E-state index contributed by atoms with van der Waals surface area (Å²) in [5.74, 6) is -1.50. The van der Waals surface area contributed by atoms with E-state index < -0.39 is 11.9 Å². The molecular weight excluding hydrogens is 452 g/mol. The molecule has 0 saturated heterocycles. The quantitative estimate of drug-likeness (QED) is 0.355. The van der Waals surface area contributed by atoms with Crippen LogP contribution in [-0.2, 0) is 11.2 Å². The third kappa shape index (κ3) is 4.78. The van der Waals surface area contributed by atoms with E-state index >= 15 is 0 Å². The Hall–Kier alpha value is -3.18. The standard InChI is InChI=1S/C26H23BrN2O2/c1-17-6-12-23(13-7-17)29-25(19-8-10-21(27)11-9-19)16-22(28-29)15-24(26(30)31)20-5-3-4-18(2)14-20/h3-14,16,24H,15H2,1-2H3,(H,30,31). The monoisotopic (exact) mass is 474 g/mol. The topological polar surface area (TPSA) is 55.1 Å². The summed E-state index contributed by atoms with van der Waals surface area (Å²) >= 11 is 3.49. The molecule has 4 aromatic rings. The van der Waals surface area contributed by atoms with E-state index in [1.807, 2.05) is 85.3 Å². The van der Waals surface area contributed by atoms with Gasteiger partial charge in [0.05, 0.1) is 23.0 Å². The molecule has 4 rings (SSSR count). The SMILES string of the molecule is Cc1ccc(-n2nc(CC(C(=O)O)c3cccc(C)c3)cc2-c2ccc(Br)cc2)cc1. The minimum Gasteiger partial charge on any atom is -0.481 e. The summed E-state index contributed by atoms with van der Waals surface area (Å²) in [5.41, 5.74) is 6.65. The lowest BCUT2D eigenvalue weighted by Crippen LogP contribution is -2.15. The fourth-order valence-electron chi connectivity index (χ4n) is 3.68. The summed E-state index contributed by atoms with van der Waals surface area (Å²) in [4.78, 5) is 12.1. The van der Waals surface area contributed by atoms with Crippen LogP contribution in [0.2, 0.25) is 0 Å². The Morgan fingerprint density at radius 2 is 1.68 bits per heavy atom. The predicted octanol–water partition coefficient (Wildman–Crippen LogP) is 6.33. The van der Waals surface area contributed by atoms with Crippen molar-refractivity contribution in [3.8, 4) is 16.9 Å². The summed E-state index contributed by atoms with van der Waals surface area (Å²) in [5, 5.41) is 14.7. The van der Waals surface area contributed by atoms with Crippen molar-refractivity contribution in [1.29, 1.82) is 0 Å². The van der Waals surface area contributed by atoms with Crippen LogP contribution in [0.5, 0.6) is 0 Å². The van der Waals surface area contributed by atoms with Gasteiger partial charge in [-0.1, -0.05) is 75.6 Å². The molecule has 0 radical (unpaired) electrons. The Labute approximate surface area is 190 Å². The van der Waals surface area contributed by atoms with Crippen LogP contribution in [-0.4, -0.2) is 20.9 Å². The number of hydrogen-bond donors (Lipinski definition) is 1. The summed E-state index contributed by atoms with van der Waals surface area (Å²) in [6, 6.07) is 25.9. The van der Waals surface area contributed by atoms with Gasteiger partial charge in [-0.25, -0.2) is 4.68 Å². The molecule has 1 heterocycles. The van der Waals surface area contributed by atoms with Crippen LogP contribution in [0.3, 0.4) is 0 Å². The van der Waals surface area contributed by atoms with Crippen molar-refractivity contribution in [1.82, 2.24) is 9.78 Å². The molecule has 0 aliphatic heterocycles. The number of nitrogens with zero attached hydrogens (tertiary/aromatic N) is 2. The zero-order valence-electron chi connectivity index (χ0n) is 17.4. The smallest absolute Gasteiger partial charge is 0.311 e. The number of aromatic nitrogens is 2. The Morgan fingerprint density at radius 1 is 0.968 bits per heavy atom. The molecule has 1 atom stereocenters. The normalized spacial score (nSPS) is 12.0. The molecule has 0 saturated carbocycles. The first-order valence-corrected chi connectivity index (χ1v) is 10.9. The number of halogens is 1. The van der Waals surface area contributed by atoms with Crippen molar-refractivity contribution in [3.63, 3.8) is 0 Å². The maximum atomic E-state index is 12.1. The molecule has 156 valence electrons. The third-order valence-electron chi connectivity index (χ3n) is 5.33. The highest BCUT2D eigenvalue weighted by atomic mass is 79.9. The minimum absolute atomic E-state index is 0.321. The number of hydrogen-bond acceptors (Lipinski definition) is 2. The molecule has 0 bridgehead atoms. The average molecular weight is 475 g/mol. The van der Waals surface area contributed by atoms with Gasteiger partial charge in [-0.2, -0.15) is 5.10 Å². The second-order valence-corrected chi connectivity index (χ2v) is 8.70. The van der Waals surface area contributed by atoms with Gasteiger partial charge in [-0.05, 0) is 49.7 Å². The number of carbonyl (C=O) groups is 1. The lowest BCUT2D eigenvalue weighted by molar-refractivity contribution is -0.138. The molecular formula is C26H23BrN2O2. The Balaban J connectivity index is 1.77. The summed E-state index contributed by atoms with van der Waals surface area (Å²) in [7, 11) is 0. The summed E-state index contributed by atoms with van der Waals surface area (Å²) < 4.78 is 2.90. The van der Waals surface area contributed by atoms with Crippen molar-refractivity contribution in [2.24, 2.45) is 0 Å². The van der Waals surface area contributed by atoms with E-state index in [0.717, 1.165) is 38.2 Å². The van der Waals surface area contributed by atoms with E-state index in [1.54, 1.807) is 0 Å². The Kier molecular flexibility index (Phi) is 6.05. The number of rotatable bonds is 6. The molecule has 1 unspecified atom stereocenters. The van der Waals surface area contributed by atoms with Crippen LogP contribution in [0.25, 0.3) is 16.9 Å². The number of aliphatic carboxylic acids is 1. The number of aryl methyl sites for hydroxylation is 2. The third-order valence-corrected chi connectivity index (χ3v) is 5.86. The molecule has 31 heavy (non-hydrogen) atoms. The largest absolute Gasteiger partial charge is 0.481 e. The van der Waals surface area contributed by atoms with Gasteiger partial charge in [-0.15, -0.1) is 0 Å². The first-order chi connectivity index (χ1) is 14.9. The highest BCUT2D eigenvalue weighted by Gasteiger charge is 2.23. The van der Waals surface area contributed by atoms with Crippen LogP contribution < -0.4 is 0 Å². The summed E-state index contributed by atoms with van der Waals surface area (Å²) in [6.07, 6.45) is 0.321. The molecule has 4 nitrogen and oxygen atoms in total. The lowest BCUT2D eigenvalue weighted by atomic mass is 9.93. The Bertz CT molecular complexity index is 1150. The first kappa shape index (κ1) is 21.1. The van der Waals surface area contributed by atoms with Crippen LogP contribution >= 0.6 is 15.9 Å². The van der Waals surface area contributed by atoms with Gasteiger partial charge in [0.1, 0.15) is 0 Å². The maximum absolute atomic E-state index is 12.1. The molecule has 1 aromatic heterocycles. The zero-order chi connectivity index (χ0) is 22.0. The van der Waals surface area contributed by atoms with Crippen molar-refractivity contribution in [2.75, 3.05) is 0 Å². The van der Waals surface area contributed by atoms with Gasteiger partial charge in [-0.3, -0.25) is 4.79 Å². The number of carboxylic acid groups (broad SMARTS) is 1. The maximum Gasteiger partial charge on any atom is 0.311 e.